The first-order valence-electron chi connectivity index (χ1n) is 6.57. The number of nitrogens with two attached hydrogens (primary N) is 1. The van der Waals surface area contributed by atoms with Crippen LogP contribution < -0.4 is 16.6 Å². The van der Waals surface area contributed by atoms with Crippen LogP contribution in [0.5, 0.6) is 0 Å². The Balaban J connectivity index is 2.62. The van der Waals surface area contributed by atoms with E-state index in [1.807, 2.05) is 6.92 Å². The first-order chi connectivity index (χ1) is 10.2. The van der Waals surface area contributed by atoms with E-state index in [0.717, 1.165) is 6.42 Å². The van der Waals surface area contributed by atoms with Crippen LogP contribution in [-0.4, -0.2) is 31.5 Å². The second-order valence-electron chi connectivity index (χ2n) is 3.92. The number of nitrogens with one attached hydrogen (secondary N) is 2. The summed E-state index contributed by atoms with van der Waals surface area (Å²) in [6, 6.07) is 6.76. The van der Waals surface area contributed by atoms with Crippen LogP contribution in [0, 0.1) is 0 Å². The molecule has 0 saturated carbocycles. The van der Waals surface area contributed by atoms with Crippen LogP contribution in [0.3, 0.4) is 0 Å². The van der Waals surface area contributed by atoms with Crippen LogP contribution in [-0.2, 0) is 4.74 Å². The van der Waals surface area contributed by atoms with Gasteiger partial charge in [-0.2, -0.15) is 8.78 Å². The number of thioether (sulfide) groups is 1. The lowest BCUT2D eigenvalue weighted by molar-refractivity contribution is 0.146. The number of rotatable bonds is 8. The van der Waals surface area contributed by atoms with Crippen molar-refractivity contribution in [3.8, 4) is 0 Å². The zero-order valence-electron chi connectivity index (χ0n) is 11.8. The number of halogens is 2. The highest BCUT2D eigenvalue weighted by Crippen LogP contribution is 2.31. The Bertz CT molecular complexity index is 446. The lowest BCUT2D eigenvalue weighted by Gasteiger charge is -2.13. The van der Waals surface area contributed by atoms with Gasteiger partial charge in [-0.3, -0.25) is 10.4 Å². The fourth-order valence-corrected chi connectivity index (χ4v) is 2.11. The summed E-state index contributed by atoms with van der Waals surface area (Å²) in [5.41, 5.74) is 2.96. The number of nitrogens with zero attached hydrogens (tertiary/aromatic N) is 1. The minimum atomic E-state index is -2.48. The van der Waals surface area contributed by atoms with Crippen LogP contribution in [0.1, 0.15) is 13.3 Å². The third kappa shape index (κ3) is 7.26. The van der Waals surface area contributed by atoms with Gasteiger partial charge in [0, 0.05) is 24.7 Å². The second-order valence-corrected chi connectivity index (χ2v) is 4.96. The first kappa shape index (κ1) is 17.7. The maximum atomic E-state index is 12.5. The summed E-state index contributed by atoms with van der Waals surface area (Å²) in [6.45, 7) is 3.74. The van der Waals surface area contributed by atoms with Crippen LogP contribution in [0.4, 0.5) is 14.5 Å². The molecule has 0 aliphatic rings. The smallest absolute Gasteiger partial charge is 0.288 e. The quantitative estimate of drug-likeness (QED) is 0.172. The minimum Gasteiger partial charge on any atom is -0.382 e. The maximum Gasteiger partial charge on any atom is 0.288 e. The van der Waals surface area contributed by atoms with Crippen LogP contribution in [0.15, 0.2) is 34.2 Å². The number of ether oxygens (including phenoxy) is 1. The van der Waals surface area contributed by atoms with Gasteiger partial charge in [0.15, 0.2) is 0 Å². The monoisotopic (exact) mass is 318 g/mol. The average Bonchev–Trinajstić information content (AvgIpc) is 2.47. The van der Waals surface area contributed by atoms with Crippen LogP contribution in [0.2, 0.25) is 0 Å². The van der Waals surface area contributed by atoms with Gasteiger partial charge >= 0.3 is 0 Å². The van der Waals surface area contributed by atoms with Crippen molar-refractivity contribution >= 4 is 23.4 Å². The zero-order valence-corrected chi connectivity index (χ0v) is 12.6. The van der Waals surface area contributed by atoms with E-state index in [1.54, 1.807) is 24.3 Å². The predicted octanol–water partition coefficient (Wildman–Crippen LogP) is 2.66. The zero-order chi connectivity index (χ0) is 15.5. The molecule has 5 nitrogen and oxygen atoms in total. The molecule has 21 heavy (non-hydrogen) atoms. The van der Waals surface area contributed by atoms with Crippen molar-refractivity contribution in [2.24, 2.45) is 10.8 Å². The number of benzene rings is 1. The van der Waals surface area contributed by atoms with Gasteiger partial charge in [0.25, 0.3) is 5.76 Å². The van der Waals surface area contributed by atoms with E-state index in [1.165, 1.54) is 0 Å². The number of hydrogen-bond acceptors (Lipinski definition) is 4. The number of hydrogen-bond donors (Lipinski definition) is 3. The molecule has 0 fully saturated rings. The van der Waals surface area contributed by atoms with Crippen molar-refractivity contribution in [1.29, 1.82) is 0 Å². The van der Waals surface area contributed by atoms with Crippen molar-refractivity contribution in [3.63, 3.8) is 0 Å². The van der Waals surface area contributed by atoms with Gasteiger partial charge in [-0.05, 0) is 25.5 Å². The maximum absolute atomic E-state index is 12.5. The Hall–Kier alpha value is -1.38. The molecule has 0 aliphatic heterocycles. The summed E-state index contributed by atoms with van der Waals surface area (Å²) in [7, 11) is 0. The molecule has 0 radical (unpaired) electrons. The van der Waals surface area contributed by atoms with E-state index in [0.29, 0.717) is 48.1 Å². The van der Waals surface area contributed by atoms with E-state index in [2.05, 4.69) is 15.7 Å². The molecule has 118 valence electrons. The van der Waals surface area contributed by atoms with Gasteiger partial charge in [0.2, 0.25) is 5.96 Å². The highest BCUT2D eigenvalue weighted by molar-refractivity contribution is 7.99. The molecule has 0 aromatic heterocycles. The molecule has 4 N–H and O–H groups in total. The summed E-state index contributed by atoms with van der Waals surface area (Å²) in [6.07, 6.45) is 0.758. The van der Waals surface area contributed by atoms with Gasteiger partial charge in [-0.1, -0.05) is 23.9 Å². The molecular weight excluding hydrogens is 298 g/mol. The Kier molecular flexibility index (Phi) is 8.72. The Morgan fingerprint density at radius 1 is 1.43 bits per heavy atom. The molecule has 0 amide bonds. The Morgan fingerprint density at radius 3 is 2.86 bits per heavy atom. The molecule has 0 spiro atoms. The van der Waals surface area contributed by atoms with E-state index in [-0.39, 0.29) is 0 Å². The molecule has 0 aliphatic carbocycles. The molecular formula is C13H20F2N4OS. The molecule has 1 aromatic rings. The number of hydrazine groups is 1. The lowest BCUT2D eigenvalue weighted by Crippen LogP contribution is -2.36. The summed E-state index contributed by atoms with van der Waals surface area (Å²) in [5.74, 6) is 3.23. The number of para-hydroxylation sites is 1. The molecule has 1 aromatic carbocycles. The molecule has 0 bridgehead atoms. The summed E-state index contributed by atoms with van der Waals surface area (Å²) in [5, 5.41) is 2.91. The predicted molar refractivity (Wildman–Crippen MR) is 82.7 cm³/mol. The van der Waals surface area contributed by atoms with E-state index < -0.39 is 5.76 Å². The summed E-state index contributed by atoms with van der Waals surface area (Å²) >= 11 is 0.473. The van der Waals surface area contributed by atoms with Crippen molar-refractivity contribution in [1.82, 2.24) is 5.43 Å². The van der Waals surface area contributed by atoms with E-state index in [9.17, 15) is 8.78 Å². The lowest BCUT2D eigenvalue weighted by atomic mass is 10.3. The molecule has 0 heterocycles. The van der Waals surface area contributed by atoms with Crippen molar-refractivity contribution in [2.75, 3.05) is 25.1 Å². The standard InChI is InChI=1S/C13H20F2N4OS/c1-2-20-9-5-8-17-13(19-16)18-10-6-3-4-7-11(10)21-12(14)15/h3-4,6-7,12H,2,5,8-9,16H2,1H3,(H2,17,18,19). The number of aliphatic imine (C=N–C) groups is 1. The van der Waals surface area contributed by atoms with E-state index >= 15 is 0 Å². The average molecular weight is 318 g/mol. The van der Waals surface area contributed by atoms with Crippen LogP contribution >= 0.6 is 11.8 Å². The fraction of sp³-hybridized carbons (Fsp3) is 0.462. The molecule has 1 rings (SSSR count). The molecule has 0 saturated heterocycles. The van der Waals surface area contributed by atoms with Gasteiger partial charge in [0.1, 0.15) is 0 Å². The summed E-state index contributed by atoms with van der Waals surface area (Å²) < 4.78 is 30.2. The number of guanidine groups is 1. The first-order valence-corrected chi connectivity index (χ1v) is 7.45. The molecule has 0 unspecified atom stereocenters. The van der Waals surface area contributed by atoms with Gasteiger partial charge in [-0.25, -0.2) is 5.84 Å². The Morgan fingerprint density at radius 2 is 2.19 bits per heavy atom. The minimum absolute atomic E-state index is 0.328. The van der Waals surface area contributed by atoms with Gasteiger partial charge in [-0.15, -0.1) is 0 Å². The molecule has 8 heteroatoms. The van der Waals surface area contributed by atoms with Crippen molar-refractivity contribution in [3.05, 3.63) is 24.3 Å². The highest BCUT2D eigenvalue weighted by Gasteiger charge is 2.10. The second kappa shape index (κ2) is 10.4. The highest BCUT2D eigenvalue weighted by atomic mass is 32.2. The number of anilines is 1. The van der Waals surface area contributed by atoms with Crippen molar-refractivity contribution in [2.45, 2.75) is 24.0 Å². The normalized spacial score (nSPS) is 11.8. The largest absolute Gasteiger partial charge is 0.382 e. The van der Waals surface area contributed by atoms with E-state index in [4.69, 9.17) is 10.6 Å². The fourth-order valence-electron chi connectivity index (χ4n) is 1.52. The van der Waals surface area contributed by atoms with Crippen LogP contribution in [0.25, 0.3) is 0 Å². The third-order valence-corrected chi connectivity index (χ3v) is 3.20. The van der Waals surface area contributed by atoms with Gasteiger partial charge in [0.05, 0.1) is 5.69 Å². The molecule has 0 atom stereocenters. The van der Waals surface area contributed by atoms with Crippen molar-refractivity contribution < 1.29 is 13.5 Å². The number of alkyl halides is 2. The summed E-state index contributed by atoms with van der Waals surface area (Å²) in [4.78, 5) is 4.66. The SMILES string of the molecule is CCOCCCN=C(NN)Nc1ccccc1SC(F)F. The van der Waals surface area contributed by atoms with Gasteiger partial charge < -0.3 is 10.1 Å². The third-order valence-electron chi connectivity index (χ3n) is 2.41. The Labute approximate surface area is 127 Å². The topological polar surface area (TPSA) is 71.7 Å².